The molecule has 0 aliphatic rings. The molecule has 0 amide bonds. The molecule has 0 heterocycles. The van der Waals surface area contributed by atoms with Gasteiger partial charge in [-0.2, -0.15) is 0 Å². The summed E-state index contributed by atoms with van der Waals surface area (Å²) in [6, 6.07) is 8.30. The summed E-state index contributed by atoms with van der Waals surface area (Å²) in [6.07, 6.45) is 1.50. The first kappa shape index (κ1) is 19.7. The van der Waals surface area contributed by atoms with E-state index in [9.17, 15) is 14.7 Å². The third-order valence-electron chi connectivity index (χ3n) is 2.59. The van der Waals surface area contributed by atoms with Gasteiger partial charge in [-0.25, -0.2) is 4.79 Å². The molecule has 1 aromatic carbocycles. The number of benzene rings is 1. The van der Waals surface area contributed by atoms with Crippen LogP contribution >= 0.6 is 0 Å². The van der Waals surface area contributed by atoms with Crippen LogP contribution in [-0.4, -0.2) is 24.6 Å². The zero-order valence-corrected chi connectivity index (χ0v) is 14.6. The van der Waals surface area contributed by atoms with Crippen LogP contribution in [0.3, 0.4) is 0 Å². The van der Waals surface area contributed by atoms with E-state index in [1.807, 2.05) is 30.3 Å². The van der Waals surface area contributed by atoms with Crippen molar-refractivity contribution < 1.29 is 49.0 Å². The van der Waals surface area contributed by atoms with Crippen molar-refractivity contribution in [1.29, 1.82) is 0 Å². The number of carboxylic acid groups (broad SMARTS) is 1. The van der Waals surface area contributed by atoms with E-state index in [-0.39, 0.29) is 42.6 Å². The SMILES string of the molecule is CCOC(=O)C=C(C)N[C@@H](Cc1ccccc1)C(=O)[O-].[Na+]. The molecule has 21 heavy (non-hydrogen) atoms. The number of carbonyl (C=O) groups is 2. The quantitative estimate of drug-likeness (QED) is 0.340. The molecule has 0 spiro atoms. The molecule has 1 rings (SSSR count). The zero-order valence-electron chi connectivity index (χ0n) is 12.6. The molecule has 0 saturated heterocycles. The van der Waals surface area contributed by atoms with E-state index in [1.54, 1.807) is 13.8 Å². The minimum atomic E-state index is -1.22. The molecular formula is C15H18NNaO4. The van der Waals surface area contributed by atoms with Crippen LogP contribution < -0.4 is 40.0 Å². The van der Waals surface area contributed by atoms with Gasteiger partial charge in [0.1, 0.15) is 0 Å². The van der Waals surface area contributed by atoms with Crippen LogP contribution in [0.2, 0.25) is 0 Å². The molecule has 0 unspecified atom stereocenters. The molecule has 0 aliphatic heterocycles. The number of hydrogen-bond acceptors (Lipinski definition) is 5. The van der Waals surface area contributed by atoms with E-state index in [0.29, 0.717) is 5.70 Å². The first-order valence-corrected chi connectivity index (χ1v) is 6.39. The van der Waals surface area contributed by atoms with Gasteiger partial charge in [-0.1, -0.05) is 30.3 Å². The standard InChI is InChI=1S/C15H19NO4.Na/c1-3-20-14(17)9-11(2)16-13(15(18)19)10-12-7-5-4-6-8-12;/h4-9,13,16H,3,10H2,1-2H3,(H,18,19);/q;+1/p-1/t13-;/m0./s1. The summed E-state index contributed by atoms with van der Waals surface area (Å²) in [5.74, 6) is -1.72. The predicted molar refractivity (Wildman–Crippen MR) is 72.5 cm³/mol. The van der Waals surface area contributed by atoms with E-state index in [4.69, 9.17) is 4.74 Å². The molecule has 1 N–H and O–H groups in total. The van der Waals surface area contributed by atoms with Crippen molar-refractivity contribution in [1.82, 2.24) is 5.32 Å². The third-order valence-corrected chi connectivity index (χ3v) is 2.59. The summed E-state index contributed by atoms with van der Waals surface area (Å²) in [5.41, 5.74) is 1.30. The second-order valence-corrected chi connectivity index (χ2v) is 4.29. The normalized spacial score (nSPS) is 12.0. The predicted octanol–water partition coefficient (Wildman–Crippen LogP) is -2.59. The molecule has 0 aromatic heterocycles. The number of esters is 1. The van der Waals surface area contributed by atoms with Gasteiger partial charge < -0.3 is 20.0 Å². The number of aliphatic carboxylic acids is 1. The fraction of sp³-hybridized carbons (Fsp3) is 0.333. The van der Waals surface area contributed by atoms with Crippen molar-refractivity contribution in [3.63, 3.8) is 0 Å². The van der Waals surface area contributed by atoms with Crippen molar-refractivity contribution in [3.8, 4) is 0 Å². The second kappa shape index (κ2) is 10.4. The van der Waals surface area contributed by atoms with E-state index in [1.165, 1.54) is 6.08 Å². The number of nitrogens with one attached hydrogen (secondary N) is 1. The van der Waals surface area contributed by atoms with Gasteiger partial charge in [0.05, 0.1) is 18.6 Å². The Labute approximate surface area is 146 Å². The first-order valence-electron chi connectivity index (χ1n) is 6.39. The summed E-state index contributed by atoms with van der Waals surface area (Å²) in [5, 5.41) is 13.9. The number of allylic oxidation sites excluding steroid dienone is 1. The van der Waals surface area contributed by atoms with Crippen molar-refractivity contribution in [2.24, 2.45) is 0 Å². The summed E-state index contributed by atoms with van der Waals surface area (Å²) < 4.78 is 4.75. The van der Waals surface area contributed by atoms with Gasteiger partial charge in [-0.05, 0) is 25.8 Å². The van der Waals surface area contributed by atoms with Crippen LogP contribution in [0.25, 0.3) is 0 Å². The molecular weight excluding hydrogens is 281 g/mol. The molecule has 1 aromatic rings. The molecule has 5 nitrogen and oxygen atoms in total. The van der Waals surface area contributed by atoms with Crippen LogP contribution in [0, 0.1) is 0 Å². The van der Waals surface area contributed by atoms with Gasteiger partial charge in [0.2, 0.25) is 0 Å². The van der Waals surface area contributed by atoms with Crippen LogP contribution in [0.4, 0.5) is 0 Å². The molecule has 6 heteroatoms. The Hall–Kier alpha value is -1.30. The van der Waals surface area contributed by atoms with Crippen molar-refractivity contribution in [2.75, 3.05) is 6.61 Å². The summed E-state index contributed by atoms with van der Waals surface area (Å²) >= 11 is 0. The molecule has 0 aliphatic carbocycles. The molecule has 1 atom stereocenters. The second-order valence-electron chi connectivity index (χ2n) is 4.29. The van der Waals surface area contributed by atoms with E-state index in [0.717, 1.165) is 5.56 Å². The minimum absolute atomic E-state index is 0. The number of ether oxygens (including phenoxy) is 1. The molecule has 0 bridgehead atoms. The Morgan fingerprint density at radius 2 is 1.95 bits per heavy atom. The van der Waals surface area contributed by atoms with Gasteiger partial charge in [-0.15, -0.1) is 0 Å². The van der Waals surface area contributed by atoms with Gasteiger partial charge in [0.15, 0.2) is 0 Å². The van der Waals surface area contributed by atoms with Gasteiger partial charge in [0.25, 0.3) is 0 Å². The van der Waals surface area contributed by atoms with Gasteiger partial charge in [0, 0.05) is 11.8 Å². The Balaban J connectivity index is 0.00000400. The topological polar surface area (TPSA) is 78.5 Å². The molecule has 0 fully saturated rings. The van der Waals surface area contributed by atoms with E-state index in [2.05, 4.69) is 5.32 Å². The van der Waals surface area contributed by atoms with Crippen LogP contribution in [0.15, 0.2) is 42.1 Å². The smallest absolute Gasteiger partial charge is 0.548 e. The van der Waals surface area contributed by atoms with E-state index < -0.39 is 18.0 Å². The Bertz CT molecular complexity index is 488. The Morgan fingerprint density at radius 3 is 2.48 bits per heavy atom. The Kier molecular flexibility index (Phi) is 9.78. The fourth-order valence-electron chi connectivity index (χ4n) is 1.72. The van der Waals surface area contributed by atoms with Gasteiger partial charge in [-0.3, -0.25) is 0 Å². The third kappa shape index (κ3) is 7.90. The van der Waals surface area contributed by atoms with Crippen molar-refractivity contribution in [2.45, 2.75) is 26.3 Å². The number of hydrogen-bond donors (Lipinski definition) is 1. The largest absolute Gasteiger partial charge is 1.00 e. The summed E-state index contributed by atoms with van der Waals surface area (Å²) in [4.78, 5) is 22.4. The minimum Gasteiger partial charge on any atom is -0.548 e. The van der Waals surface area contributed by atoms with Crippen LogP contribution in [0.1, 0.15) is 19.4 Å². The van der Waals surface area contributed by atoms with Crippen LogP contribution in [-0.2, 0) is 20.7 Å². The number of rotatable bonds is 7. The first-order chi connectivity index (χ1) is 9.52. The molecule has 0 radical (unpaired) electrons. The number of carbonyl (C=O) groups excluding carboxylic acids is 2. The summed E-state index contributed by atoms with van der Waals surface area (Å²) in [6.45, 7) is 3.59. The van der Waals surface area contributed by atoms with E-state index >= 15 is 0 Å². The maximum absolute atomic E-state index is 11.3. The van der Waals surface area contributed by atoms with Crippen molar-refractivity contribution in [3.05, 3.63) is 47.7 Å². The molecule has 108 valence electrons. The average Bonchev–Trinajstić information content (AvgIpc) is 2.39. The monoisotopic (exact) mass is 299 g/mol. The zero-order chi connectivity index (χ0) is 15.0. The maximum atomic E-state index is 11.3. The average molecular weight is 299 g/mol. The fourth-order valence-corrected chi connectivity index (χ4v) is 1.72. The van der Waals surface area contributed by atoms with Gasteiger partial charge >= 0.3 is 35.5 Å². The van der Waals surface area contributed by atoms with Crippen molar-refractivity contribution >= 4 is 11.9 Å². The Morgan fingerprint density at radius 1 is 1.33 bits per heavy atom. The maximum Gasteiger partial charge on any atom is 1.00 e. The number of carboxylic acids is 1. The summed E-state index contributed by atoms with van der Waals surface area (Å²) in [7, 11) is 0. The molecule has 0 saturated carbocycles. The van der Waals surface area contributed by atoms with Crippen LogP contribution in [0.5, 0.6) is 0 Å².